The highest BCUT2D eigenvalue weighted by atomic mass is 16.3. The Labute approximate surface area is 156 Å². The first kappa shape index (κ1) is 17.5. The summed E-state index contributed by atoms with van der Waals surface area (Å²) in [5.74, 6) is 0.223. The van der Waals surface area contributed by atoms with Crippen molar-refractivity contribution in [2.24, 2.45) is 5.92 Å². The third kappa shape index (κ3) is 3.64. The third-order valence-electron chi connectivity index (χ3n) is 5.12. The SMILES string of the molecule is O=C(c1cc(=O)c2ccccc2o1)N1CCC(Cc2cccc(CO)c2)C1. The minimum atomic E-state index is -0.232. The summed E-state index contributed by atoms with van der Waals surface area (Å²) in [5.41, 5.74) is 2.30. The molecule has 1 aliphatic heterocycles. The van der Waals surface area contributed by atoms with Gasteiger partial charge < -0.3 is 14.4 Å². The van der Waals surface area contributed by atoms with Crippen molar-refractivity contribution in [2.75, 3.05) is 13.1 Å². The highest BCUT2D eigenvalue weighted by Gasteiger charge is 2.28. The molecule has 1 N–H and O–H groups in total. The Hall–Kier alpha value is -2.92. The highest BCUT2D eigenvalue weighted by Crippen LogP contribution is 2.23. The van der Waals surface area contributed by atoms with Gasteiger partial charge in [0.05, 0.1) is 12.0 Å². The van der Waals surface area contributed by atoms with Gasteiger partial charge in [0.25, 0.3) is 5.91 Å². The van der Waals surface area contributed by atoms with Gasteiger partial charge in [0.15, 0.2) is 11.2 Å². The predicted octanol–water partition coefficient (Wildman–Crippen LogP) is 2.99. The number of hydrogen-bond acceptors (Lipinski definition) is 4. The molecule has 1 aliphatic rings. The average molecular weight is 363 g/mol. The number of carbonyl (C=O) groups excluding carboxylic acids is 1. The Morgan fingerprint density at radius 2 is 1.93 bits per heavy atom. The second-order valence-electron chi connectivity index (χ2n) is 7.06. The molecule has 2 aromatic carbocycles. The predicted molar refractivity (Wildman–Crippen MR) is 103 cm³/mol. The summed E-state index contributed by atoms with van der Waals surface area (Å²) in [5, 5.41) is 9.76. The van der Waals surface area contributed by atoms with E-state index in [4.69, 9.17) is 4.42 Å². The van der Waals surface area contributed by atoms with Crippen molar-refractivity contribution in [3.05, 3.63) is 81.7 Å². The van der Waals surface area contributed by atoms with Crippen LogP contribution in [0.25, 0.3) is 11.0 Å². The monoisotopic (exact) mass is 363 g/mol. The minimum Gasteiger partial charge on any atom is -0.451 e. The quantitative estimate of drug-likeness (QED) is 0.774. The summed E-state index contributed by atoms with van der Waals surface area (Å²) in [6, 6.07) is 16.2. The number of aliphatic hydroxyl groups is 1. The largest absolute Gasteiger partial charge is 0.451 e. The van der Waals surface area contributed by atoms with Crippen LogP contribution in [0.15, 0.2) is 63.8 Å². The topological polar surface area (TPSA) is 70.8 Å². The van der Waals surface area contributed by atoms with E-state index in [1.165, 1.54) is 6.07 Å². The summed E-state index contributed by atoms with van der Waals surface area (Å²) in [6.45, 7) is 1.32. The zero-order valence-electron chi connectivity index (χ0n) is 14.9. The lowest BCUT2D eigenvalue weighted by Crippen LogP contribution is -2.29. The molecule has 1 saturated heterocycles. The standard InChI is InChI=1S/C22H21NO4/c24-14-17-5-3-4-15(11-17)10-16-8-9-23(13-16)22(26)21-12-19(25)18-6-1-2-7-20(18)27-21/h1-7,11-12,16,24H,8-10,13-14H2. The van der Waals surface area contributed by atoms with Crippen LogP contribution in [-0.2, 0) is 13.0 Å². The van der Waals surface area contributed by atoms with Gasteiger partial charge in [-0.2, -0.15) is 0 Å². The first-order valence-electron chi connectivity index (χ1n) is 9.15. The summed E-state index contributed by atoms with van der Waals surface area (Å²) in [6.07, 6.45) is 1.77. The van der Waals surface area contributed by atoms with E-state index in [9.17, 15) is 14.7 Å². The van der Waals surface area contributed by atoms with E-state index in [2.05, 4.69) is 0 Å². The van der Waals surface area contributed by atoms with Gasteiger partial charge in [-0.3, -0.25) is 9.59 Å². The molecule has 5 nitrogen and oxygen atoms in total. The van der Waals surface area contributed by atoms with Crippen LogP contribution < -0.4 is 5.43 Å². The van der Waals surface area contributed by atoms with Gasteiger partial charge in [-0.25, -0.2) is 0 Å². The molecule has 27 heavy (non-hydrogen) atoms. The second kappa shape index (κ2) is 7.37. The molecule has 5 heteroatoms. The molecule has 0 bridgehead atoms. The molecule has 0 spiro atoms. The lowest BCUT2D eigenvalue weighted by atomic mass is 9.97. The van der Waals surface area contributed by atoms with E-state index >= 15 is 0 Å². The number of carbonyl (C=O) groups is 1. The minimum absolute atomic E-state index is 0.0319. The van der Waals surface area contributed by atoms with Gasteiger partial charge in [-0.05, 0) is 42.0 Å². The van der Waals surface area contributed by atoms with Crippen LogP contribution in [0, 0.1) is 5.92 Å². The Morgan fingerprint density at radius 1 is 1.11 bits per heavy atom. The van der Waals surface area contributed by atoms with Crippen LogP contribution in [0.4, 0.5) is 0 Å². The molecule has 1 fully saturated rings. The molecule has 2 heterocycles. The van der Waals surface area contributed by atoms with Crippen LogP contribution in [-0.4, -0.2) is 29.0 Å². The van der Waals surface area contributed by atoms with Crippen LogP contribution >= 0.6 is 0 Å². The fourth-order valence-electron chi connectivity index (χ4n) is 3.74. The van der Waals surface area contributed by atoms with Gasteiger partial charge in [0.2, 0.25) is 0 Å². The summed E-state index contributed by atoms with van der Waals surface area (Å²) < 4.78 is 5.68. The molecular formula is C22H21NO4. The molecule has 1 unspecified atom stereocenters. The third-order valence-corrected chi connectivity index (χ3v) is 5.12. The fourth-order valence-corrected chi connectivity index (χ4v) is 3.74. The van der Waals surface area contributed by atoms with Crippen LogP contribution in [0.3, 0.4) is 0 Å². The first-order valence-corrected chi connectivity index (χ1v) is 9.15. The van der Waals surface area contributed by atoms with E-state index in [0.717, 1.165) is 24.0 Å². The van der Waals surface area contributed by atoms with Crippen molar-refractivity contribution >= 4 is 16.9 Å². The maximum absolute atomic E-state index is 12.8. The smallest absolute Gasteiger partial charge is 0.289 e. The van der Waals surface area contributed by atoms with Gasteiger partial charge >= 0.3 is 0 Å². The number of nitrogens with zero attached hydrogens (tertiary/aromatic N) is 1. The maximum Gasteiger partial charge on any atom is 0.289 e. The Morgan fingerprint density at radius 3 is 2.78 bits per heavy atom. The summed E-state index contributed by atoms with van der Waals surface area (Å²) in [7, 11) is 0. The lowest BCUT2D eigenvalue weighted by Gasteiger charge is -2.16. The molecule has 3 aromatic rings. The summed E-state index contributed by atoms with van der Waals surface area (Å²) >= 11 is 0. The van der Waals surface area contributed by atoms with Gasteiger partial charge in [0.1, 0.15) is 5.58 Å². The van der Waals surface area contributed by atoms with E-state index in [1.54, 1.807) is 29.2 Å². The summed E-state index contributed by atoms with van der Waals surface area (Å²) in [4.78, 5) is 26.8. The Kier molecular flexibility index (Phi) is 4.77. The first-order chi connectivity index (χ1) is 13.1. The molecular weight excluding hydrogens is 342 g/mol. The van der Waals surface area contributed by atoms with Gasteiger partial charge in [0, 0.05) is 19.2 Å². The van der Waals surface area contributed by atoms with Crippen LogP contribution in [0.2, 0.25) is 0 Å². The number of fused-ring (bicyclic) bond motifs is 1. The van der Waals surface area contributed by atoms with Crippen molar-refractivity contribution in [3.63, 3.8) is 0 Å². The molecule has 0 radical (unpaired) electrons. The number of likely N-dealkylation sites (tertiary alicyclic amines) is 1. The second-order valence-corrected chi connectivity index (χ2v) is 7.06. The number of rotatable bonds is 4. The average Bonchev–Trinajstić information content (AvgIpc) is 3.16. The Bertz CT molecular complexity index is 1040. The Balaban J connectivity index is 1.48. The number of benzene rings is 2. The fraction of sp³-hybridized carbons (Fsp3) is 0.273. The number of aliphatic hydroxyl groups excluding tert-OH is 1. The molecule has 0 aliphatic carbocycles. The molecule has 0 saturated carbocycles. The van der Waals surface area contributed by atoms with E-state index in [0.29, 0.717) is 30.0 Å². The highest BCUT2D eigenvalue weighted by molar-refractivity contribution is 5.93. The van der Waals surface area contributed by atoms with Crippen molar-refractivity contribution in [1.29, 1.82) is 0 Å². The van der Waals surface area contributed by atoms with Crippen molar-refractivity contribution in [1.82, 2.24) is 4.90 Å². The lowest BCUT2D eigenvalue weighted by molar-refractivity contribution is 0.0756. The van der Waals surface area contributed by atoms with Crippen LogP contribution in [0.1, 0.15) is 28.1 Å². The van der Waals surface area contributed by atoms with Crippen LogP contribution in [0.5, 0.6) is 0 Å². The molecule has 1 atom stereocenters. The van der Waals surface area contributed by atoms with Crippen molar-refractivity contribution in [3.8, 4) is 0 Å². The number of para-hydroxylation sites is 1. The zero-order valence-corrected chi connectivity index (χ0v) is 14.9. The molecule has 1 amide bonds. The number of amides is 1. The van der Waals surface area contributed by atoms with Crippen molar-refractivity contribution < 1.29 is 14.3 Å². The van der Waals surface area contributed by atoms with Gasteiger partial charge in [-0.15, -0.1) is 0 Å². The number of hydrogen-bond donors (Lipinski definition) is 1. The van der Waals surface area contributed by atoms with E-state index in [-0.39, 0.29) is 23.7 Å². The maximum atomic E-state index is 12.8. The normalized spacial score (nSPS) is 16.8. The molecule has 138 valence electrons. The van der Waals surface area contributed by atoms with E-state index in [1.807, 2.05) is 24.3 Å². The molecule has 4 rings (SSSR count). The van der Waals surface area contributed by atoms with Gasteiger partial charge in [-0.1, -0.05) is 36.4 Å². The zero-order chi connectivity index (χ0) is 18.8. The van der Waals surface area contributed by atoms with Crippen molar-refractivity contribution in [2.45, 2.75) is 19.4 Å². The molecule has 1 aromatic heterocycles. The van der Waals surface area contributed by atoms with E-state index < -0.39 is 0 Å².